The van der Waals surface area contributed by atoms with Gasteiger partial charge in [0.1, 0.15) is 0 Å². The highest BCUT2D eigenvalue weighted by molar-refractivity contribution is 8.00. The molecule has 16 heavy (non-hydrogen) atoms. The Morgan fingerprint density at radius 3 is 2.69 bits per heavy atom. The minimum absolute atomic E-state index is 0.194. The number of carbonyl (C=O) groups excluding carboxylic acids is 1. The molecular weight excluding hydrogens is 238 g/mol. The van der Waals surface area contributed by atoms with E-state index in [1.807, 2.05) is 31.2 Å². The van der Waals surface area contributed by atoms with Gasteiger partial charge in [-0.1, -0.05) is 0 Å². The average molecular weight is 249 g/mol. The van der Waals surface area contributed by atoms with Gasteiger partial charge in [-0.3, -0.25) is 9.78 Å². The van der Waals surface area contributed by atoms with Crippen molar-refractivity contribution in [3.05, 3.63) is 46.4 Å². The third kappa shape index (κ3) is 2.93. The molecule has 0 N–H and O–H groups in total. The van der Waals surface area contributed by atoms with Crippen LogP contribution in [0.3, 0.4) is 0 Å². The number of aromatic nitrogens is 1. The van der Waals surface area contributed by atoms with E-state index in [0.717, 1.165) is 9.77 Å². The van der Waals surface area contributed by atoms with Crippen LogP contribution in [0, 0.1) is 6.92 Å². The smallest absolute Gasteiger partial charge is 0.182 e. The summed E-state index contributed by atoms with van der Waals surface area (Å²) in [5.41, 5.74) is 0. The number of nitrogens with zero attached hydrogens (tertiary/aromatic N) is 1. The number of hydrogen-bond acceptors (Lipinski definition) is 4. The number of thioether (sulfide) groups is 1. The molecule has 0 fully saturated rings. The lowest BCUT2D eigenvalue weighted by molar-refractivity contribution is 0.102. The fourth-order valence-corrected chi connectivity index (χ4v) is 2.90. The summed E-state index contributed by atoms with van der Waals surface area (Å²) in [7, 11) is 0. The van der Waals surface area contributed by atoms with Crippen LogP contribution >= 0.6 is 23.1 Å². The van der Waals surface area contributed by atoms with Crippen LogP contribution in [0.4, 0.5) is 0 Å². The lowest BCUT2D eigenvalue weighted by Crippen LogP contribution is -1.98. The largest absolute Gasteiger partial charge is 0.292 e. The first-order valence-corrected chi connectivity index (χ1v) is 6.68. The predicted octanol–water partition coefficient (Wildman–Crippen LogP) is 3.43. The van der Waals surface area contributed by atoms with Crippen LogP contribution in [0.1, 0.15) is 14.5 Å². The summed E-state index contributed by atoms with van der Waals surface area (Å²) < 4.78 is 0. The number of pyridine rings is 1. The minimum Gasteiger partial charge on any atom is -0.292 e. The highest BCUT2D eigenvalue weighted by atomic mass is 32.2. The maximum Gasteiger partial charge on any atom is 0.182 e. The molecule has 0 aliphatic heterocycles. The number of aryl methyl sites for hydroxylation is 1. The molecule has 82 valence electrons. The summed E-state index contributed by atoms with van der Waals surface area (Å²) >= 11 is 3.11. The Labute approximate surface area is 103 Å². The van der Waals surface area contributed by atoms with E-state index in [9.17, 15) is 4.79 Å². The van der Waals surface area contributed by atoms with E-state index >= 15 is 0 Å². The molecule has 0 saturated carbocycles. The normalized spacial score (nSPS) is 10.3. The van der Waals surface area contributed by atoms with Gasteiger partial charge in [-0.2, -0.15) is 0 Å². The van der Waals surface area contributed by atoms with Gasteiger partial charge in [-0.15, -0.1) is 23.1 Å². The Bertz CT molecular complexity index is 479. The highest BCUT2D eigenvalue weighted by Crippen LogP contribution is 2.21. The average Bonchev–Trinajstić information content (AvgIpc) is 2.74. The fourth-order valence-electron chi connectivity index (χ4n) is 1.24. The van der Waals surface area contributed by atoms with Gasteiger partial charge >= 0.3 is 0 Å². The summed E-state index contributed by atoms with van der Waals surface area (Å²) in [4.78, 5) is 18.8. The van der Waals surface area contributed by atoms with Gasteiger partial charge in [0.25, 0.3) is 0 Å². The van der Waals surface area contributed by atoms with Crippen molar-refractivity contribution < 1.29 is 4.79 Å². The lowest BCUT2D eigenvalue weighted by Gasteiger charge is -1.98. The molecule has 2 aromatic heterocycles. The number of rotatable bonds is 4. The van der Waals surface area contributed by atoms with E-state index in [4.69, 9.17) is 0 Å². The van der Waals surface area contributed by atoms with E-state index < -0.39 is 0 Å². The van der Waals surface area contributed by atoms with Gasteiger partial charge in [0.05, 0.1) is 10.6 Å². The van der Waals surface area contributed by atoms with E-state index in [1.54, 1.807) is 35.5 Å². The van der Waals surface area contributed by atoms with E-state index in [0.29, 0.717) is 5.75 Å². The molecule has 0 saturated heterocycles. The van der Waals surface area contributed by atoms with E-state index in [1.165, 1.54) is 4.88 Å². The molecule has 0 aliphatic carbocycles. The van der Waals surface area contributed by atoms with E-state index in [-0.39, 0.29) is 5.78 Å². The molecule has 0 spiro atoms. The number of carbonyl (C=O) groups is 1. The Morgan fingerprint density at radius 2 is 2.06 bits per heavy atom. The zero-order valence-electron chi connectivity index (χ0n) is 8.84. The Morgan fingerprint density at radius 1 is 1.31 bits per heavy atom. The first kappa shape index (κ1) is 11.4. The molecule has 2 rings (SSSR count). The van der Waals surface area contributed by atoms with Gasteiger partial charge in [-0.25, -0.2) is 0 Å². The minimum atomic E-state index is 0.194. The van der Waals surface area contributed by atoms with Crippen LogP contribution in [0.15, 0.2) is 41.6 Å². The highest BCUT2D eigenvalue weighted by Gasteiger charge is 2.08. The molecule has 4 heteroatoms. The molecule has 0 unspecified atom stereocenters. The van der Waals surface area contributed by atoms with Gasteiger partial charge in [-0.05, 0) is 31.2 Å². The third-order valence-electron chi connectivity index (χ3n) is 2.03. The zero-order valence-corrected chi connectivity index (χ0v) is 10.5. The van der Waals surface area contributed by atoms with Gasteiger partial charge in [0, 0.05) is 22.2 Å². The van der Waals surface area contributed by atoms with Crippen LogP contribution < -0.4 is 0 Å². The maximum atomic E-state index is 11.8. The number of thiophene rings is 1. The first-order valence-electron chi connectivity index (χ1n) is 4.88. The Hall–Kier alpha value is -1.13. The quantitative estimate of drug-likeness (QED) is 0.614. The summed E-state index contributed by atoms with van der Waals surface area (Å²) in [5, 5.41) is 0. The maximum absolute atomic E-state index is 11.8. The fraction of sp³-hybridized carbons (Fsp3) is 0.167. The van der Waals surface area contributed by atoms with Crippen LogP contribution in [0.2, 0.25) is 0 Å². The second kappa shape index (κ2) is 5.27. The van der Waals surface area contributed by atoms with Crippen molar-refractivity contribution in [2.24, 2.45) is 0 Å². The van der Waals surface area contributed by atoms with Gasteiger partial charge in [0.15, 0.2) is 5.78 Å². The van der Waals surface area contributed by atoms with Gasteiger partial charge < -0.3 is 0 Å². The monoisotopic (exact) mass is 249 g/mol. The summed E-state index contributed by atoms with van der Waals surface area (Å²) in [6.45, 7) is 2.01. The summed E-state index contributed by atoms with van der Waals surface area (Å²) in [5.74, 6) is 0.684. The van der Waals surface area contributed by atoms with Crippen molar-refractivity contribution in [1.82, 2.24) is 4.98 Å². The molecule has 2 nitrogen and oxygen atoms in total. The van der Waals surface area contributed by atoms with Crippen molar-refractivity contribution in [2.75, 3.05) is 5.75 Å². The molecule has 0 bridgehead atoms. The number of ketones is 1. The molecule has 0 amide bonds. The number of hydrogen-bond donors (Lipinski definition) is 0. The summed E-state index contributed by atoms with van der Waals surface area (Å²) in [6.07, 6.45) is 3.48. The lowest BCUT2D eigenvalue weighted by atomic mass is 10.3. The molecule has 2 heterocycles. The van der Waals surface area contributed by atoms with Crippen LogP contribution in [0.5, 0.6) is 0 Å². The molecule has 0 aromatic carbocycles. The second-order valence-corrected chi connectivity index (χ2v) is 5.64. The molecular formula is C12H11NOS2. The number of Topliss-reactive ketones (excluding diaryl/α,β-unsaturated/α-hetero) is 1. The van der Waals surface area contributed by atoms with Crippen molar-refractivity contribution in [3.63, 3.8) is 0 Å². The van der Waals surface area contributed by atoms with Crippen molar-refractivity contribution >= 4 is 28.9 Å². The van der Waals surface area contributed by atoms with E-state index in [2.05, 4.69) is 4.98 Å². The topological polar surface area (TPSA) is 30.0 Å². The SMILES string of the molecule is Cc1ccc(C(=O)CSc2ccncc2)s1. The molecule has 0 aliphatic rings. The Kier molecular flexibility index (Phi) is 3.74. The van der Waals surface area contributed by atoms with Crippen molar-refractivity contribution in [2.45, 2.75) is 11.8 Å². The van der Waals surface area contributed by atoms with Crippen molar-refractivity contribution in [3.8, 4) is 0 Å². The van der Waals surface area contributed by atoms with Crippen LogP contribution in [0.25, 0.3) is 0 Å². The van der Waals surface area contributed by atoms with Crippen LogP contribution in [-0.2, 0) is 0 Å². The first-order chi connectivity index (χ1) is 7.75. The van der Waals surface area contributed by atoms with Crippen molar-refractivity contribution in [1.29, 1.82) is 0 Å². The van der Waals surface area contributed by atoms with Crippen LogP contribution in [-0.4, -0.2) is 16.5 Å². The molecule has 0 radical (unpaired) electrons. The Balaban J connectivity index is 1.94. The third-order valence-corrected chi connectivity index (χ3v) is 4.09. The molecule has 2 aromatic rings. The molecule has 0 atom stereocenters. The predicted molar refractivity (Wildman–Crippen MR) is 68.3 cm³/mol. The van der Waals surface area contributed by atoms with Gasteiger partial charge in [0.2, 0.25) is 0 Å². The second-order valence-electron chi connectivity index (χ2n) is 3.31. The summed E-state index contributed by atoms with van der Waals surface area (Å²) in [6, 6.07) is 7.71. The zero-order chi connectivity index (χ0) is 11.4. The standard InChI is InChI=1S/C12H11NOS2/c1-9-2-3-12(16-9)11(14)8-15-10-4-6-13-7-5-10/h2-7H,8H2,1H3.